The number of likely N-dealkylation sites (N-methyl/N-ethyl adjacent to an activating group) is 1. The summed E-state index contributed by atoms with van der Waals surface area (Å²) in [6.45, 7) is 4.86. The molecule has 0 heterocycles. The van der Waals surface area contributed by atoms with Crippen LogP contribution in [0.3, 0.4) is 0 Å². The van der Waals surface area contributed by atoms with Crippen molar-refractivity contribution in [2.45, 2.75) is 212 Å². The van der Waals surface area contributed by atoms with Crippen molar-refractivity contribution in [2.75, 3.05) is 40.9 Å². The van der Waals surface area contributed by atoms with Crippen molar-refractivity contribution in [3.8, 4) is 0 Å². The summed E-state index contributed by atoms with van der Waals surface area (Å²) in [7, 11) is 1.61. The monoisotopic (exact) mass is 772 g/mol. The van der Waals surface area contributed by atoms with E-state index in [1.54, 1.807) is 0 Å². The summed E-state index contributed by atoms with van der Waals surface area (Å²) >= 11 is 0. The molecule has 0 aromatic heterocycles. The molecule has 3 unspecified atom stereocenters. The predicted octanol–water partition coefficient (Wildman–Crippen LogP) is 12.1. The summed E-state index contributed by atoms with van der Waals surface area (Å²) in [5.74, 6) is -0.153. The highest BCUT2D eigenvalue weighted by Gasteiger charge is 2.28. The molecule has 0 aromatic rings. The first-order valence-electron chi connectivity index (χ1n) is 22.2. The molecule has 0 aromatic carbocycles. The quantitative estimate of drug-likeness (QED) is 0.0248. The molecule has 0 aliphatic rings. The maximum absolute atomic E-state index is 12.9. The van der Waals surface area contributed by atoms with Crippen molar-refractivity contribution in [3.05, 3.63) is 24.3 Å². The molecule has 0 rings (SSSR count). The van der Waals surface area contributed by atoms with E-state index >= 15 is 0 Å². The Kier molecular flexibility index (Phi) is 35.9. The van der Waals surface area contributed by atoms with Gasteiger partial charge in [-0.1, -0.05) is 173 Å². The minimum absolute atomic E-state index is 0.0734. The fourth-order valence-electron chi connectivity index (χ4n) is 6.37. The van der Waals surface area contributed by atoms with Gasteiger partial charge in [-0.25, -0.2) is 4.57 Å². The number of hydrogen-bond acceptors (Lipinski definition) is 5. The van der Waals surface area contributed by atoms with Crippen molar-refractivity contribution >= 4 is 13.7 Å². The second kappa shape index (κ2) is 36.6. The number of unbranched alkanes of at least 4 members (excludes halogenated alkanes) is 23. The van der Waals surface area contributed by atoms with Gasteiger partial charge in [-0.2, -0.15) is 0 Å². The van der Waals surface area contributed by atoms with Crippen LogP contribution in [0, 0.1) is 0 Å². The van der Waals surface area contributed by atoms with Gasteiger partial charge in [0.05, 0.1) is 39.9 Å². The van der Waals surface area contributed by atoms with Crippen LogP contribution < -0.4 is 5.32 Å². The van der Waals surface area contributed by atoms with Crippen LogP contribution in [0.1, 0.15) is 200 Å². The maximum Gasteiger partial charge on any atom is 0.472 e. The Bertz CT molecular complexity index is 922. The third kappa shape index (κ3) is 39.0. The van der Waals surface area contributed by atoms with Crippen LogP contribution in [0.15, 0.2) is 24.3 Å². The fourth-order valence-corrected chi connectivity index (χ4v) is 7.11. The average molecular weight is 772 g/mol. The highest BCUT2D eigenvalue weighted by molar-refractivity contribution is 7.47. The zero-order valence-electron chi connectivity index (χ0n) is 35.5. The molecule has 3 atom stereocenters. The van der Waals surface area contributed by atoms with Crippen LogP contribution in [0.4, 0.5) is 0 Å². The van der Waals surface area contributed by atoms with Gasteiger partial charge < -0.3 is 19.8 Å². The summed E-state index contributed by atoms with van der Waals surface area (Å²) in [6, 6.07) is -0.761. The summed E-state index contributed by atoms with van der Waals surface area (Å²) in [6.07, 6.45) is 41.9. The summed E-state index contributed by atoms with van der Waals surface area (Å²) in [5.41, 5.74) is 0. The zero-order valence-corrected chi connectivity index (χ0v) is 36.4. The molecule has 314 valence electrons. The van der Waals surface area contributed by atoms with Crippen LogP contribution in [0.25, 0.3) is 0 Å². The first-order chi connectivity index (χ1) is 25.5. The van der Waals surface area contributed by atoms with Crippen LogP contribution in [0.5, 0.6) is 0 Å². The summed E-state index contributed by atoms with van der Waals surface area (Å²) < 4.78 is 23.6. The van der Waals surface area contributed by atoms with Gasteiger partial charge in [0.15, 0.2) is 0 Å². The molecule has 0 spiro atoms. The number of amides is 1. The lowest BCUT2D eigenvalue weighted by Crippen LogP contribution is -2.46. The van der Waals surface area contributed by atoms with Gasteiger partial charge in [0.2, 0.25) is 5.91 Å². The molecule has 0 aliphatic heterocycles. The number of aliphatic hydroxyl groups excluding tert-OH is 1. The number of phosphoric acid groups is 1. The molecule has 0 fully saturated rings. The number of allylic oxidation sites excluding steroid dienone is 4. The topological polar surface area (TPSA) is 105 Å². The number of quaternary nitrogens is 1. The van der Waals surface area contributed by atoms with Gasteiger partial charge in [0.1, 0.15) is 13.2 Å². The minimum atomic E-state index is -4.31. The third-order valence-corrected chi connectivity index (χ3v) is 10.9. The molecule has 8 nitrogen and oxygen atoms in total. The Balaban J connectivity index is 4.36. The number of nitrogens with zero attached hydrogens (tertiary/aromatic N) is 1. The van der Waals surface area contributed by atoms with Gasteiger partial charge in [-0.05, 0) is 44.9 Å². The molecule has 0 bridgehead atoms. The van der Waals surface area contributed by atoms with Crippen molar-refractivity contribution < 1.29 is 32.9 Å². The minimum Gasteiger partial charge on any atom is -0.391 e. The zero-order chi connectivity index (χ0) is 39.3. The van der Waals surface area contributed by atoms with Gasteiger partial charge in [0, 0.05) is 6.42 Å². The lowest BCUT2D eigenvalue weighted by Gasteiger charge is -2.26. The van der Waals surface area contributed by atoms with Crippen LogP contribution in [-0.4, -0.2) is 73.4 Å². The van der Waals surface area contributed by atoms with E-state index in [-0.39, 0.29) is 19.1 Å². The largest absolute Gasteiger partial charge is 0.472 e. The van der Waals surface area contributed by atoms with E-state index < -0.39 is 20.0 Å². The highest BCUT2D eigenvalue weighted by atomic mass is 31.2. The van der Waals surface area contributed by atoms with Crippen molar-refractivity contribution in [1.29, 1.82) is 0 Å². The first kappa shape index (κ1) is 52.0. The van der Waals surface area contributed by atoms with E-state index in [4.69, 9.17) is 9.05 Å². The van der Waals surface area contributed by atoms with E-state index in [9.17, 15) is 19.4 Å². The molecule has 1 amide bonds. The van der Waals surface area contributed by atoms with Crippen LogP contribution in [0.2, 0.25) is 0 Å². The summed E-state index contributed by atoms with van der Waals surface area (Å²) in [4.78, 5) is 23.1. The Morgan fingerprint density at radius 2 is 1.08 bits per heavy atom. The lowest BCUT2D eigenvalue weighted by atomic mass is 10.0. The molecule has 0 radical (unpaired) electrons. The van der Waals surface area contributed by atoms with E-state index in [0.29, 0.717) is 23.9 Å². The molecule has 0 aliphatic carbocycles. The molecule has 0 saturated heterocycles. The van der Waals surface area contributed by atoms with Crippen LogP contribution >= 0.6 is 7.82 Å². The lowest BCUT2D eigenvalue weighted by molar-refractivity contribution is -0.870. The number of carbonyl (C=O) groups excluding carboxylic acids is 1. The third-order valence-electron chi connectivity index (χ3n) is 9.95. The van der Waals surface area contributed by atoms with E-state index in [0.717, 1.165) is 51.4 Å². The SMILES string of the molecule is CCCCCC/C=C\C/C=C\CCCCCCCCCC(=O)NC(COP(=O)(O)OCC[N+](C)(C)C)C(O)CCCCCCCCCCCCCCC. The Hall–Kier alpha value is -1.02. The van der Waals surface area contributed by atoms with E-state index in [2.05, 4.69) is 43.5 Å². The molecular formula is C44H88N2O6P+. The standard InChI is InChI=1S/C44H87N2O6P/c1-6-8-10-12-14-16-18-20-21-22-23-24-26-28-30-32-34-36-38-44(48)45-42(41-52-53(49,50)51-40-39-46(3,4)5)43(47)37-35-33-31-29-27-25-19-17-15-13-11-9-7-2/h16,18,21-22,42-43,47H,6-15,17,19-20,23-41H2,1-5H3,(H-,45,48,49,50)/p+1/b18-16-,22-21-. The number of aliphatic hydroxyl groups is 1. The smallest absolute Gasteiger partial charge is 0.391 e. The number of rotatable bonds is 40. The average Bonchev–Trinajstić information content (AvgIpc) is 3.10. The number of hydrogen-bond donors (Lipinski definition) is 3. The van der Waals surface area contributed by atoms with E-state index in [1.807, 2.05) is 21.1 Å². The van der Waals surface area contributed by atoms with Crippen molar-refractivity contribution in [1.82, 2.24) is 5.32 Å². The van der Waals surface area contributed by atoms with Gasteiger partial charge in [0.25, 0.3) is 0 Å². The Morgan fingerprint density at radius 1 is 0.642 bits per heavy atom. The molecular weight excluding hydrogens is 683 g/mol. The van der Waals surface area contributed by atoms with Gasteiger partial charge >= 0.3 is 7.82 Å². The molecule has 9 heteroatoms. The Labute approximate surface area is 328 Å². The van der Waals surface area contributed by atoms with Crippen molar-refractivity contribution in [3.63, 3.8) is 0 Å². The number of carbonyl (C=O) groups is 1. The summed E-state index contributed by atoms with van der Waals surface area (Å²) in [5, 5.41) is 13.9. The fraction of sp³-hybridized carbons (Fsp3) is 0.886. The highest BCUT2D eigenvalue weighted by Crippen LogP contribution is 2.43. The molecule has 53 heavy (non-hydrogen) atoms. The van der Waals surface area contributed by atoms with Crippen LogP contribution in [-0.2, 0) is 18.4 Å². The molecule has 3 N–H and O–H groups in total. The molecule has 0 saturated carbocycles. The van der Waals surface area contributed by atoms with Gasteiger partial charge in [-0.3, -0.25) is 13.8 Å². The number of phosphoric ester groups is 1. The predicted molar refractivity (Wildman–Crippen MR) is 226 cm³/mol. The second-order valence-electron chi connectivity index (χ2n) is 16.4. The number of nitrogens with one attached hydrogen (secondary N) is 1. The van der Waals surface area contributed by atoms with E-state index in [1.165, 1.54) is 122 Å². The van der Waals surface area contributed by atoms with Gasteiger partial charge in [-0.15, -0.1) is 0 Å². The maximum atomic E-state index is 12.9. The second-order valence-corrected chi connectivity index (χ2v) is 17.9. The van der Waals surface area contributed by atoms with Crippen molar-refractivity contribution in [2.24, 2.45) is 0 Å². The first-order valence-corrected chi connectivity index (χ1v) is 23.7. The Morgan fingerprint density at radius 3 is 1.57 bits per heavy atom. The normalized spacial score (nSPS) is 14.6.